The van der Waals surface area contributed by atoms with Crippen molar-refractivity contribution in [2.75, 3.05) is 39.9 Å². The Bertz CT molecular complexity index is 856. The first-order valence-electron chi connectivity index (χ1n) is 10.2. The lowest BCUT2D eigenvalue weighted by Crippen LogP contribution is -2.48. The molecule has 1 amide bonds. The molecule has 1 unspecified atom stereocenters. The van der Waals surface area contributed by atoms with Gasteiger partial charge in [0.15, 0.2) is 11.5 Å². The second-order valence-corrected chi connectivity index (χ2v) is 7.72. The largest absolute Gasteiger partial charge is 0.486 e. The minimum atomic E-state index is -0.237. The smallest absolute Gasteiger partial charge is 0.222 e. The number of benzene rings is 2. The van der Waals surface area contributed by atoms with Gasteiger partial charge in [0.25, 0.3) is 0 Å². The van der Waals surface area contributed by atoms with Crippen LogP contribution >= 0.6 is 0 Å². The van der Waals surface area contributed by atoms with Gasteiger partial charge in [0.2, 0.25) is 5.91 Å². The molecule has 4 rings (SSSR count). The van der Waals surface area contributed by atoms with Gasteiger partial charge in [-0.2, -0.15) is 0 Å². The normalized spacial score (nSPS) is 19.2. The molecule has 2 heterocycles. The maximum Gasteiger partial charge on any atom is 0.222 e. The molecular formula is C23H27FN2O3. The molecule has 154 valence electrons. The van der Waals surface area contributed by atoms with Crippen LogP contribution in [0.15, 0.2) is 42.5 Å². The number of aryl methyl sites for hydroxylation is 1. The highest BCUT2D eigenvalue weighted by molar-refractivity contribution is 5.76. The SMILES string of the molecule is CN1CCN(C(=O)CCCc2ccc3c(c2)OCCO3)CC1c1ccc(F)cc1. The van der Waals surface area contributed by atoms with Gasteiger partial charge < -0.3 is 14.4 Å². The Morgan fingerprint density at radius 1 is 1.07 bits per heavy atom. The van der Waals surface area contributed by atoms with E-state index in [0.717, 1.165) is 48.6 Å². The number of amides is 1. The molecule has 1 fully saturated rings. The molecule has 1 saturated heterocycles. The topological polar surface area (TPSA) is 42.0 Å². The van der Waals surface area contributed by atoms with Crippen molar-refractivity contribution < 1.29 is 18.7 Å². The molecule has 0 N–H and O–H groups in total. The summed E-state index contributed by atoms with van der Waals surface area (Å²) >= 11 is 0. The van der Waals surface area contributed by atoms with Crippen molar-refractivity contribution in [2.24, 2.45) is 0 Å². The van der Waals surface area contributed by atoms with E-state index in [1.165, 1.54) is 12.1 Å². The Labute approximate surface area is 171 Å². The van der Waals surface area contributed by atoms with Crippen LogP contribution in [0.3, 0.4) is 0 Å². The Balaban J connectivity index is 1.30. The number of piperazine rings is 1. The maximum atomic E-state index is 13.2. The molecule has 29 heavy (non-hydrogen) atoms. The molecule has 1 atom stereocenters. The van der Waals surface area contributed by atoms with E-state index in [1.54, 1.807) is 0 Å². The lowest BCUT2D eigenvalue weighted by Gasteiger charge is -2.39. The Hall–Kier alpha value is -2.60. The molecule has 0 saturated carbocycles. The highest BCUT2D eigenvalue weighted by atomic mass is 19.1. The van der Waals surface area contributed by atoms with Gasteiger partial charge in [-0.1, -0.05) is 18.2 Å². The van der Waals surface area contributed by atoms with Crippen molar-refractivity contribution in [2.45, 2.75) is 25.3 Å². The van der Waals surface area contributed by atoms with E-state index < -0.39 is 0 Å². The quantitative estimate of drug-likeness (QED) is 0.774. The van der Waals surface area contributed by atoms with Gasteiger partial charge in [-0.3, -0.25) is 9.69 Å². The van der Waals surface area contributed by atoms with Crippen molar-refractivity contribution in [1.82, 2.24) is 9.80 Å². The number of ether oxygens (including phenoxy) is 2. The van der Waals surface area contributed by atoms with E-state index in [9.17, 15) is 9.18 Å². The predicted molar refractivity (Wildman–Crippen MR) is 109 cm³/mol. The monoisotopic (exact) mass is 398 g/mol. The van der Waals surface area contributed by atoms with Gasteiger partial charge >= 0.3 is 0 Å². The summed E-state index contributed by atoms with van der Waals surface area (Å²) in [7, 11) is 2.05. The number of hydrogen-bond donors (Lipinski definition) is 0. The molecule has 0 bridgehead atoms. The van der Waals surface area contributed by atoms with E-state index >= 15 is 0 Å². The van der Waals surface area contributed by atoms with Crippen LogP contribution in [-0.2, 0) is 11.2 Å². The van der Waals surface area contributed by atoms with Gasteiger partial charge in [0.1, 0.15) is 19.0 Å². The van der Waals surface area contributed by atoms with Crippen molar-refractivity contribution in [3.8, 4) is 11.5 Å². The third-order valence-electron chi connectivity index (χ3n) is 5.72. The van der Waals surface area contributed by atoms with Crippen molar-refractivity contribution in [3.63, 3.8) is 0 Å². The summed E-state index contributed by atoms with van der Waals surface area (Å²) in [5.74, 6) is 1.53. The molecule has 2 aliphatic rings. The third kappa shape index (κ3) is 4.70. The lowest BCUT2D eigenvalue weighted by atomic mass is 10.0. The fourth-order valence-corrected chi connectivity index (χ4v) is 3.99. The van der Waals surface area contributed by atoms with Crippen LogP contribution in [0, 0.1) is 5.82 Å². The second-order valence-electron chi connectivity index (χ2n) is 7.72. The van der Waals surface area contributed by atoms with Gasteiger partial charge in [-0.05, 0) is 55.3 Å². The van der Waals surface area contributed by atoms with E-state index in [2.05, 4.69) is 11.9 Å². The van der Waals surface area contributed by atoms with Crippen LogP contribution in [0.5, 0.6) is 11.5 Å². The van der Waals surface area contributed by atoms with Crippen LogP contribution in [0.1, 0.15) is 30.0 Å². The summed E-state index contributed by atoms with van der Waals surface area (Å²) in [5.41, 5.74) is 2.20. The van der Waals surface area contributed by atoms with Crippen LogP contribution in [0.2, 0.25) is 0 Å². The number of hydrogen-bond acceptors (Lipinski definition) is 4. The maximum absolute atomic E-state index is 13.2. The zero-order chi connectivity index (χ0) is 20.2. The van der Waals surface area contributed by atoms with Gasteiger partial charge in [-0.25, -0.2) is 4.39 Å². The molecule has 6 heteroatoms. The van der Waals surface area contributed by atoms with Crippen molar-refractivity contribution >= 4 is 5.91 Å². The number of fused-ring (bicyclic) bond motifs is 1. The number of carbonyl (C=O) groups excluding carboxylic acids is 1. The third-order valence-corrected chi connectivity index (χ3v) is 5.72. The van der Waals surface area contributed by atoms with E-state index in [4.69, 9.17) is 9.47 Å². The zero-order valence-electron chi connectivity index (χ0n) is 16.8. The molecule has 2 aromatic rings. The van der Waals surface area contributed by atoms with Gasteiger partial charge in [0, 0.05) is 26.1 Å². The minimum Gasteiger partial charge on any atom is -0.486 e. The van der Waals surface area contributed by atoms with Gasteiger partial charge in [-0.15, -0.1) is 0 Å². The van der Waals surface area contributed by atoms with E-state index in [0.29, 0.717) is 26.2 Å². The summed E-state index contributed by atoms with van der Waals surface area (Å²) < 4.78 is 24.4. The summed E-state index contributed by atoms with van der Waals surface area (Å²) in [6, 6.07) is 12.7. The summed E-state index contributed by atoms with van der Waals surface area (Å²) in [5, 5.41) is 0. The fraction of sp³-hybridized carbons (Fsp3) is 0.435. The van der Waals surface area contributed by atoms with Crippen molar-refractivity contribution in [1.29, 1.82) is 0 Å². The number of halogens is 1. The van der Waals surface area contributed by atoms with Crippen LogP contribution in [0.4, 0.5) is 4.39 Å². The molecule has 0 aliphatic carbocycles. The average Bonchev–Trinajstić information content (AvgIpc) is 2.74. The Morgan fingerprint density at radius 2 is 1.83 bits per heavy atom. The second kappa shape index (κ2) is 8.82. The number of rotatable bonds is 5. The van der Waals surface area contributed by atoms with E-state index in [-0.39, 0.29) is 17.8 Å². The highest BCUT2D eigenvalue weighted by Gasteiger charge is 2.28. The minimum absolute atomic E-state index is 0.103. The van der Waals surface area contributed by atoms with E-state index in [1.807, 2.05) is 35.2 Å². The number of nitrogens with zero attached hydrogens (tertiary/aromatic N) is 2. The number of likely N-dealkylation sites (N-methyl/N-ethyl adjacent to an activating group) is 1. The first kappa shape index (κ1) is 19.7. The lowest BCUT2D eigenvalue weighted by molar-refractivity contribution is -0.134. The molecule has 2 aromatic carbocycles. The summed E-state index contributed by atoms with van der Waals surface area (Å²) in [6.07, 6.45) is 2.15. The number of carbonyl (C=O) groups is 1. The predicted octanol–water partition coefficient (Wildman–Crippen LogP) is 3.43. The molecule has 0 radical (unpaired) electrons. The first-order chi connectivity index (χ1) is 14.1. The Morgan fingerprint density at radius 3 is 2.62 bits per heavy atom. The van der Waals surface area contributed by atoms with Crippen LogP contribution in [-0.4, -0.2) is 55.6 Å². The Kier molecular flexibility index (Phi) is 6.00. The molecular weight excluding hydrogens is 371 g/mol. The standard InChI is InChI=1S/C23H27FN2O3/c1-25-11-12-26(16-20(25)18-6-8-19(24)9-7-18)23(27)4-2-3-17-5-10-21-22(15-17)29-14-13-28-21/h5-10,15,20H,2-4,11-14,16H2,1H3. The van der Waals surface area contributed by atoms with Crippen LogP contribution < -0.4 is 9.47 Å². The molecule has 0 aromatic heterocycles. The molecule has 0 spiro atoms. The zero-order valence-corrected chi connectivity index (χ0v) is 16.8. The average molecular weight is 398 g/mol. The fourth-order valence-electron chi connectivity index (χ4n) is 3.99. The summed E-state index contributed by atoms with van der Waals surface area (Å²) in [6.45, 7) is 3.36. The van der Waals surface area contributed by atoms with Gasteiger partial charge in [0.05, 0.1) is 6.04 Å². The molecule has 2 aliphatic heterocycles. The molecule has 5 nitrogen and oxygen atoms in total. The summed E-state index contributed by atoms with van der Waals surface area (Å²) in [4.78, 5) is 16.9. The van der Waals surface area contributed by atoms with Crippen LogP contribution in [0.25, 0.3) is 0 Å². The van der Waals surface area contributed by atoms with Crippen molar-refractivity contribution in [3.05, 3.63) is 59.4 Å². The highest BCUT2D eigenvalue weighted by Crippen LogP contribution is 2.31. The first-order valence-corrected chi connectivity index (χ1v) is 10.2.